The normalized spacial score (nSPS) is 30.8. The van der Waals surface area contributed by atoms with E-state index in [1.807, 2.05) is 4.90 Å². The lowest BCUT2D eigenvalue weighted by atomic mass is 10.3. The highest BCUT2D eigenvalue weighted by atomic mass is 32.1. The van der Waals surface area contributed by atoms with Gasteiger partial charge in [-0.15, -0.1) is 0 Å². The predicted molar refractivity (Wildman–Crippen MR) is 49.9 cm³/mol. The molecular formula is C7H14N2O2S. The van der Waals surface area contributed by atoms with E-state index in [9.17, 15) is 10.2 Å². The molecule has 0 spiro atoms. The van der Waals surface area contributed by atoms with Crippen molar-refractivity contribution >= 4 is 17.2 Å². The van der Waals surface area contributed by atoms with E-state index in [0.29, 0.717) is 24.5 Å². The zero-order chi connectivity index (χ0) is 9.14. The third kappa shape index (κ3) is 2.67. The third-order valence-electron chi connectivity index (χ3n) is 2.01. The van der Waals surface area contributed by atoms with Crippen LogP contribution in [-0.4, -0.2) is 51.9 Å². The second kappa shape index (κ2) is 4.13. The molecule has 0 bridgehead atoms. The first kappa shape index (κ1) is 9.85. The van der Waals surface area contributed by atoms with Gasteiger partial charge in [-0.05, 0) is 0 Å². The topological polar surface area (TPSA) is 69.7 Å². The molecule has 4 N–H and O–H groups in total. The van der Waals surface area contributed by atoms with Crippen LogP contribution in [0, 0.1) is 0 Å². The van der Waals surface area contributed by atoms with Crippen molar-refractivity contribution in [2.75, 3.05) is 19.6 Å². The van der Waals surface area contributed by atoms with Gasteiger partial charge in [0.05, 0.1) is 17.2 Å². The lowest BCUT2D eigenvalue weighted by molar-refractivity contribution is 0.0572. The molecule has 1 aliphatic rings. The summed E-state index contributed by atoms with van der Waals surface area (Å²) in [4.78, 5) is 2.43. The van der Waals surface area contributed by atoms with Crippen molar-refractivity contribution in [2.45, 2.75) is 18.6 Å². The number of nitrogens with zero attached hydrogens (tertiary/aromatic N) is 1. The van der Waals surface area contributed by atoms with Crippen LogP contribution < -0.4 is 5.73 Å². The van der Waals surface area contributed by atoms with Crippen molar-refractivity contribution in [3.63, 3.8) is 0 Å². The molecule has 12 heavy (non-hydrogen) atoms. The molecule has 1 heterocycles. The smallest absolute Gasteiger partial charge is 0.0938 e. The molecule has 1 aliphatic heterocycles. The van der Waals surface area contributed by atoms with Gasteiger partial charge in [0.1, 0.15) is 0 Å². The summed E-state index contributed by atoms with van der Waals surface area (Å²) in [5, 5.41) is 18.4. The van der Waals surface area contributed by atoms with E-state index in [2.05, 4.69) is 0 Å². The number of aliphatic hydroxyl groups excluding tert-OH is 2. The van der Waals surface area contributed by atoms with Gasteiger partial charge in [0.15, 0.2) is 0 Å². The van der Waals surface area contributed by atoms with Gasteiger partial charge in [-0.3, -0.25) is 4.90 Å². The van der Waals surface area contributed by atoms with E-state index in [0.717, 1.165) is 6.54 Å². The summed E-state index contributed by atoms with van der Waals surface area (Å²) in [5.74, 6) is 0. The molecule has 0 amide bonds. The van der Waals surface area contributed by atoms with Gasteiger partial charge in [0.2, 0.25) is 0 Å². The maximum absolute atomic E-state index is 9.18. The van der Waals surface area contributed by atoms with E-state index in [1.165, 1.54) is 0 Å². The fourth-order valence-corrected chi connectivity index (χ4v) is 1.39. The summed E-state index contributed by atoms with van der Waals surface area (Å²) >= 11 is 4.72. The van der Waals surface area contributed by atoms with E-state index in [-0.39, 0.29) is 0 Å². The summed E-state index contributed by atoms with van der Waals surface area (Å²) in [7, 11) is 0. The summed E-state index contributed by atoms with van der Waals surface area (Å²) < 4.78 is 0. The Hall–Kier alpha value is -0.230. The monoisotopic (exact) mass is 190 g/mol. The maximum atomic E-state index is 9.18. The molecule has 1 rings (SSSR count). The van der Waals surface area contributed by atoms with E-state index in [4.69, 9.17) is 18.0 Å². The van der Waals surface area contributed by atoms with Crippen molar-refractivity contribution < 1.29 is 10.2 Å². The number of thiocarbonyl (C=S) groups is 1. The van der Waals surface area contributed by atoms with Crippen molar-refractivity contribution in [3.8, 4) is 0 Å². The molecule has 0 aromatic carbocycles. The fraction of sp³-hybridized carbons (Fsp3) is 0.857. The average Bonchev–Trinajstić information content (AvgIpc) is 2.28. The maximum Gasteiger partial charge on any atom is 0.0938 e. The Morgan fingerprint density at radius 2 is 1.92 bits per heavy atom. The van der Waals surface area contributed by atoms with Gasteiger partial charge in [0, 0.05) is 26.1 Å². The molecular weight excluding hydrogens is 176 g/mol. The summed E-state index contributed by atoms with van der Waals surface area (Å²) in [6, 6.07) is 0. The predicted octanol–water partition coefficient (Wildman–Crippen LogP) is -1.30. The van der Waals surface area contributed by atoms with Crippen LogP contribution in [0.25, 0.3) is 0 Å². The molecule has 1 fully saturated rings. The molecule has 2 atom stereocenters. The van der Waals surface area contributed by atoms with Crippen LogP contribution in [0.15, 0.2) is 0 Å². The third-order valence-corrected chi connectivity index (χ3v) is 2.21. The first-order valence-corrected chi connectivity index (χ1v) is 4.37. The van der Waals surface area contributed by atoms with Gasteiger partial charge in [-0.1, -0.05) is 12.2 Å². The zero-order valence-corrected chi connectivity index (χ0v) is 7.63. The number of hydrogen-bond donors (Lipinski definition) is 3. The molecule has 0 saturated carbocycles. The first-order chi connectivity index (χ1) is 5.59. The fourth-order valence-electron chi connectivity index (χ4n) is 1.30. The Bertz CT molecular complexity index is 167. The van der Waals surface area contributed by atoms with Crippen molar-refractivity contribution in [2.24, 2.45) is 5.73 Å². The van der Waals surface area contributed by atoms with Gasteiger partial charge in [-0.2, -0.15) is 0 Å². The highest BCUT2D eigenvalue weighted by Gasteiger charge is 2.28. The number of aliphatic hydroxyl groups is 2. The number of nitrogens with two attached hydrogens (primary N) is 1. The van der Waals surface area contributed by atoms with Crippen LogP contribution in [0.5, 0.6) is 0 Å². The molecule has 5 heteroatoms. The summed E-state index contributed by atoms with van der Waals surface area (Å²) in [6.07, 6.45) is -0.581. The van der Waals surface area contributed by atoms with Gasteiger partial charge in [0.25, 0.3) is 0 Å². The minimum Gasteiger partial charge on any atom is -0.393 e. The number of likely N-dealkylation sites (tertiary alicyclic amines) is 1. The molecule has 0 aromatic heterocycles. The van der Waals surface area contributed by atoms with E-state index in [1.54, 1.807) is 0 Å². The Kier molecular flexibility index (Phi) is 3.39. The Labute approximate surface area is 77.0 Å². The van der Waals surface area contributed by atoms with Crippen LogP contribution in [0.2, 0.25) is 0 Å². The molecule has 1 saturated heterocycles. The van der Waals surface area contributed by atoms with Crippen LogP contribution in [0.4, 0.5) is 0 Å². The summed E-state index contributed by atoms with van der Waals surface area (Å²) in [6.45, 7) is 1.76. The minimum absolute atomic E-state index is 0.478. The Balaban J connectivity index is 2.23. The average molecular weight is 190 g/mol. The number of β-amino-alcohol motifs (C(OH)–C–C–N with tert-alkyl or cyclic N) is 2. The highest BCUT2D eigenvalue weighted by Crippen LogP contribution is 2.09. The molecule has 70 valence electrons. The minimum atomic E-state index is -0.614. The Morgan fingerprint density at radius 1 is 1.42 bits per heavy atom. The van der Waals surface area contributed by atoms with Crippen molar-refractivity contribution in [1.29, 1.82) is 0 Å². The lowest BCUT2D eigenvalue weighted by Crippen LogP contribution is -2.26. The second-order valence-electron chi connectivity index (χ2n) is 3.11. The van der Waals surface area contributed by atoms with Gasteiger partial charge < -0.3 is 15.9 Å². The SMILES string of the molecule is NC(=S)CCN1CC(O)C(O)C1. The van der Waals surface area contributed by atoms with Crippen LogP contribution in [0.3, 0.4) is 0 Å². The number of rotatable bonds is 3. The largest absolute Gasteiger partial charge is 0.393 e. The van der Waals surface area contributed by atoms with Crippen LogP contribution >= 0.6 is 12.2 Å². The molecule has 0 aliphatic carbocycles. The van der Waals surface area contributed by atoms with E-state index < -0.39 is 12.2 Å². The quantitative estimate of drug-likeness (QED) is 0.483. The lowest BCUT2D eigenvalue weighted by Gasteiger charge is -2.13. The van der Waals surface area contributed by atoms with Crippen LogP contribution in [0.1, 0.15) is 6.42 Å². The highest BCUT2D eigenvalue weighted by molar-refractivity contribution is 7.80. The second-order valence-corrected chi connectivity index (χ2v) is 3.63. The Morgan fingerprint density at radius 3 is 2.33 bits per heavy atom. The molecule has 0 aromatic rings. The summed E-state index contributed by atoms with van der Waals surface area (Å²) in [5.41, 5.74) is 5.32. The van der Waals surface area contributed by atoms with Crippen molar-refractivity contribution in [3.05, 3.63) is 0 Å². The first-order valence-electron chi connectivity index (χ1n) is 3.96. The molecule has 2 unspecified atom stereocenters. The van der Waals surface area contributed by atoms with Crippen molar-refractivity contribution in [1.82, 2.24) is 4.90 Å². The van der Waals surface area contributed by atoms with E-state index >= 15 is 0 Å². The van der Waals surface area contributed by atoms with Crippen LogP contribution in [-0.2, 0) is 0 Å². The number of hydrogen-bond acceptors (Lipinski definition) is 4. The van der Waals surface area contributed by atoms with Gasteiger partial charge in [-0.25, -0.2) is 0 Å². The zero-order valence-electron chi connectivity index (χ0n) is 6.81. The van der Waals surface area contributed by atoms with Gasteiger partial charge >= 0.3 is 0 Å². The molecule has 0 radical (unpaired) electrons. The standard InChI is InChI=1S/C7H14N2O2S/c8-7(12)1-2-9-3-5(10)6(11)4-9/h5-6,10-11H,1-4H2,(H2,8,12). The molecule has 4 nitrogen and oxygen atoms in total.